The van der Waals surface area contributed by atoms with E-state index in [1.807, 2.05) is 0 Å². The summed E-state index contributed by atoms with van der Waals surface area (Å²) in [5.41, 5.74) is 3.75. The molecule has 1 heterocycles. The first-order valence-electron chi connectivity index (χ1n) is 8.33. The van der Waals surface area contributed by atoms with Crippen molar-refractivity contribution in [3.63, 3.8) is 0 Å². The third-order valence-electron chi connectivity index (χ3n) is 3.66. The Labute approximate surface area is 144 Å². The topological polar surface area (TPSA) is 27.1 Å². The van der Waals surface area contributed by atoms with Gasteiger partial charge in [0.1, 0.15) is 17.6 Å². The summed E-state index contributed by atoms with van der Waals surface area (Å²) in [5.74, 6) is 1.42. The summed E-state index contributed by atoms with van der Waals surface area (Å²) < 4.78 is 7.98. The maximum absolute atomic E-state index is 5.78. The largest absolute Gasteiger partial charge is 0.361 e. The summed E-state index contributed by atoms with van der Waals surface area (Å²) in [7, 11) is 0. The Balaban J connectivity index is 2.37. The van der Waals surface area contributed by atoms with Crippen LogP contribution in [-0.2, 0) is 11.5 Å². The molecular weight excluding hydrogens is 304 g/mol. The maximum Gasteiger partial charge on any atom is 0.125 e. The molecule has 0 saturated carbocycles. The average Bonchev–Trinajstić information content (AvgIpc) is 2.75. The van der Waals surface area contributed by atoms with Gasteiger partial charge in [0.15, 0.2) is 0 Å². The Morgan fingerprint density at radius 3 is 2.35 bits per heavy atom. The average molecular weight is 333 g/mol. The zero-order chi connectivity index (χ0) is 17.0. The molecule has 3 nitrogen and oxygen atoms in total. The fraction of sp³-hybridized carbons (Fsp3) is 0.526. The number of benzene rings is 1. The number of ether oxygens (including phenoxy) is 1. The molecule has 126 valence electrons. The molecule has 0 N–H and O–H groups in total. The van der Waals surface area contributed by atoms with Gasteiger partial charge in [-0.1, -0.05) is 38.6 Å². The molecule has 0 spiro atoms. The van der Waals surface area contributed by atoms with Crippen molar-refractivity contribution >= 4 is 11.8 Å². The molecule has 2 rings (SSSR count). The van der Waals surface area contributed by atoms with Crippen molar-refractivity contribution in [2.45, 2.75) is 70.5 Å². The van der Waals surface area contributed by atoms with E-state index in [1.165, 1.54) is 21.0 Å². The molecule has 0 amide bonds. The minimum absolute atomic E-state index is 0.398. The number of imidazole rings is 1. The first kappa shape index (κ1) is 18.1. The van der Waals surface area contributed by atoms with Crippen molar-refractivity contribution in [2.24, 2.45) is 0 Å². The van der Waals surface area contributed by atoms with Crippen molar-refractivity contribution in [1.29, 1.82) is 0 Å². The van der Waals surface area contributed by atoms with Gasteiger partial charge in [-0.3, -0.25) is 4.57 Å². The van der Waals surface area contributed by atoms with Gasteiger partial charge in [-0.2, -0.15) is 0 Å². The predicted octanol–water partition coefficient (Wildman–Crippen LogP) is 5.47. The molecule has 0 atom stereocenters. The minimum atomic E-state index is 0.398. The molecule has 0 unspecified atom stereocenters. The van der Waals surface area contributed by atoms with E-state index in [0.29, 0.717) is 12.6 Å². The molecule has 0 aliphatic heterocycles. The van der Waals surface area contributed by atoms with E-state index in [0.717, 1.165) is 24.5 Å². The summed E-state index contributed by atoms with van der Waals surface area (Å²) in [4.78, 5) is 6.06. The predicted molar refractivity (Wildman–Crippen MR) is 97.3 cm³/mol. The zero-order valence-electron chi connectivity index (χ0n) is 15.1. The van der Waals surface area contributed by atoms with E-state index in [1.54, 1.807) is 11.8 Å². The molecule has 0 aliphatic rings. The zero-order valence-corrected chi connectivity index (χ0v) is 16.0. The number of rotatable bonds is 7. The Kier molecular flexibility index (Phi) is 6.31. The lowest BCUT2D eigenvalue weighted by atomic mass is 10.1. The van der Waals surface area contributed by atoms with E-state index in [4.69, 9.17) is 9.72 Å². The molecule has 23 heavy (non-hydrogen) atoms. The summed E-state index contributed by atoms with van der Waals surface area (Å²) in [6.07, 6.45) is 1.03. The number of aromatic nitrogens is 2. The molecular formula is C19H28N2OS. The lowest BCUT2D eigenvalue weighted by molar-refractivity contribution is 0.0710. The molecule has 0 saturated heterocycles. The first-order chi connectivity index (χ1) is 10.9. The van der Waals surface area contributed by atoms with Gasteiger partial charge in [-0.25, -0.2) is 4.98 Å². The number of hydrogen-bond acceptors (Lipinski definition) is 3. The number of hydrogen-bond donors (Lipinski definition) is 0. The number of nitrogens with zero attached hydrogens (tertiary/aromatic N) is 2. The molecule has 1 aromatic heterocycles. The van der Waals surface area contributed by atoms with E-state index >= 15 is 0 Å². The van der Waals surface area contributed by atoms with E-state index in [2.05, 4.69) is 64.3 Å². The maximum atomic E-state index is 5.78. The summed E-state index contributed by atoms with van der Waals surface area (Å²) in [6.45, 7) is 14.2. The summed E-state index contributed by atoms with van der Waals surface area (Å²) in [6, 6.07) is 6.68. The highest BCUT2D eigenvalue weighted by atomic mass is 32.2. The smallest absolute Gasteiger partial charge is 0.125 e. The van der Waals surface area contributed by atoms with Gasteiger partial charge < -0.3 is 4.74 Å². The number of aryl methyl sites for hydroxylation is 3. The third kappa shape index (κ3) is 4.61. The van der Waals surface area contributed by atoms with Crippen LogP contribution < -0.4 is 0 Å². The summed E-state index contributed by atoms with van der Waals surface area (Å²) in [5, 5.41) is 1.21. The second-order valence-electron chi connectivity index (χ2n) is 6.39. The molecule has 0 aliphatic carbocycles. The van der Waals surface area contributed by atoms with Crippen molar-refractivity contribution in [3.8, 4) is 0 Å². The van der Waals surface area contributed by atoms with Crippen molar-refractivity contribution < 1.29 is 4.74 Å². The van der Waals surface area contributed by atoms with Crippen LogP contribution in [0.2, 0.25) is 0 Å². The van der Waals surface area contributed by atoms with Crippen LogP contribution in [0.1, 0.15) is 55.8 Å². The standard InChI is InChI=1S/C19H28N2OS/c1-7-8-22-12-21-16(6)20-18(13(2)3)19(21)23-17-10-14(4)9-15(5)11-17/h9-11,13H,7-8,12H2,1-6H3. The van der Waals surface area contributed by atoms with Crippen LogP contribution in [0.15, 0.2) is 28.1 Å². The van der Waals surface area contributed by atoms with Gasteiger partial charge in [0.05, 0.1) is 5.69 Å². The molecule has 2 aromatic rings. The molecule has 0 radical (unpaired) electrons. The van der Waals surface area contributed by atoms with Crippen LogP contribution in [0, 0.1) is 20.8 Å². The van der Waals surface area contributed by atoms with Crippen LogP contribution in [0.25, 0.3) is 0 Å². The second kappa shape index (κ2) is 8.02. The lowest BCUT2D eigenvalue weighted by Gasteiger charge is -2.13. The minimum Gasteiger partial charge on any atom is -0.361 e. The molecule has 1 aromatic carbocycles. The first-order valence-corrected chi connectivity index (χ1v) is 9.15. The van der Waals surface area contributed by atoms with Crippen LogP contribution in [0.5, 0.6) is 0 Å². The van der Waals surface area contributed by atoms with Crippen molar-refractivity contribution in [1.82, 2.24) is 9.55 Å². The highest BCUT2D eigenvalue weighted by molar-refractivity contribution is 7.99. The van der Waals surface area contributed by atoms with Gasteiger partial charge in [0, 0.05) is 11.5 Å². The van der Waals surface area contributed by atoms with Gasteiger partial charge in [0.2, 0.25) is 0 Å². The van der Waals surface area contributed by atoms with E-state index in [-0.39, 0.29) is 0 Å². The summed E-state index contributed by atoms with van der Waals surface area (Å²) >= 11 is 1.80. The van der Waals surface area contributed by atoms with Gasteiger partial charge in [0.25, 0.3) is 0 Å². The molecule has 0 fully saturated rings. The highest BCUT2D eigenvalue weighted by Crippen LogP contribution is 2.35. The normalized spacial score (nSPS) is 11.4. The third-order valence-corrected chi connectivity index (χ3v) is 4.76. The fourth-order valence-electron chi connectivity index (χ4n) is 2.61. The monoisotopic (exact) mass is 332 g/mol. The van der Waals surface area contributed by atoms with Crippen LogP contribution in [0.4, 0.5) is 0 Å². The van der Waals surface area contributed by atoms with Crippen molar-refractivity contribution in [2.75, 3.05) is 6.61 Å². The lowest BCUT2D eigenvalue weighted by Crippen LogP contribution is -2.07. The Morgan fingerprint density at radius 2 is 1.78 bits per heavy atom. The van der Waals surface area contributed by atoms with Gasteiger partial charge in [-0.05, 0) is 56.4 Å². The SMILES string of the molecule is CCCOCn1c(C)nc(C(C)C)c1Sc1cc(C)cc(C)c1. The van der Waals surface area contributed by atoms with Crippen molar-refractivity contribution in [3.05, 3.63) is 40.8 Å². The van der Waals surface area contributed by atoms with Gasteiger partial charge in [-0.15, -0.1) is 0 Å². The Hall–Kier alpha value is -1.26. The van der Waals surface area contributed by atoms with Crippen LogP contribution >= 0.6 is 11.8 Å². The van der Waals surface area contributed by atoms with Crippen LogP contribution in [-0.4, -0.2) is 16.2 Å². The fourth-order valence-corrected chi connectivity index (χ4v) is 4.00. The Bertz CT molecular complexity index is 641. The van der Waals surface area contributed by atoms with E-state index < -0.39 is 0 Å². The quantitative estimate of drug-likeness (QED) is 0.629. The molecule has 4 heteroatoms. The van der Waals surface area contributed by atoms with Gasteiger partial charge >= 0.3 is 0 Å². The molecule has 0 bridgehead atoms. The second-order valence-corrected chi connectivity index (χ2v) is 7.46. The van der Waals surface area contributed by atoms with Crippen LogP contribution in [0.3, 0.4) is 0 Å². The highest BCUT2D eigenvalue weighted by Gasteiger charge is 2.18. The van der Waals surface area contributed by atoms with E-state index in [9.17, 15) is 0 Å². The Morgan fingerprint density at radius 1 is 1.13 bits per heavy atom.